The first-order chi connectivity index (χ1) is 13.9. The molecule has 1 saturated heterocycles. The molecular weight excluding hydrogens is 348 g/mol. The number of aromatic nitrogens is 2. The number of ether oxygens (including phenoxy) is 1. The van der Waals surface area contributed by atoms with Crippen LogP contribution in [-0.4, -0.2) is 35.8 Å². The third kappa shape index (κ3) is 3.45. The first kappa shape index (κ1) is 17.2. The fourth-order valence-electron chi connectivity index (χ4n) is 4.00. The van der Waals surface area contributed by atoms with Crippen LogP contribution in [0.1, 0.15) is 18.4 Å². The minimum absolute atomic E-state index is 0.250. The average Bonchev–Trinajstić information content (AvgIpc) is 3.42. The molecule has 1 aromatic heterocycles. The molecule has 0 spiro atoms. The molecule has 5 heteroatoms. The fraction of sp³-hybridized carbons (Fsp3) is 0.304. The SMILES string of the molecule is c1ccc(-c2cc(N3CCc4ccccc43)nc(NCC3CCCO3)n2)cc1. The van der Waals surface area contributed by atoms with Crippen LogP contribution in [0.3, 0.4) is 0 Å². The van der Waals surface area contributed by atoms with Crippen LogP contribution in [0, 0.1) is 0 Å². The van der Waals surface area contributed by atoms with Crippen molar-refractivity contribution in [2.45, 2.75) is 25.4 Å². The van der Waals surface area contributed by atoms with E-state index in [0.717, 1.165) is 56.0 Å². The highest BCUT2D eigenvalue weighted by molar-refractivity contribution is 5.72. The lowest BCUT2D eigenvalue weighted by atomic mass is 10.1. The van der Waals surface area contributed by atoms with Gasteiger partial charge < -0.3 is 15.0 Å². The summed E-state index contributed by atoms with van der Waals surface area (Å²) in [5.74, 6) is 1.60. The number of hydrogen-bond donors (Lipinski definition) is 1. The second kappa shape index (κ2) is 7.60. The molecule has 28 heavy (non-hydrogen) atoms. The number of fused-ring (bicyclic) bond motifs is 1. The van der Waals surface area contributed by atoms with Crippen LogP contribution < -0.4 is 10.2 Å². The Morgan fingerprint density at radius 3 is 2.75 bits per heavy atom. The van der Waals surface area contributed by atoms with E-state index in [4.69, 9.17) is 14.7 Å². The summed E-state index contributed by atoms with van der Waals surface area (Å²) in [6.45, 7) is 2.54. The number of anilines is 3. The standard InChI is InChI=1S/C23H24N4O/c1-2-7-17(8-3-1)20-15-22(27-13-12-18-9-4-5-11-21(18)27)26-23(25-20)24-16-19-10-6-14-28-19/h1-5,7-9,11,15,19H,6,10,12-14,16H2,(H,24,25,26). The Morgan fingerprint density at radius 1 is 1.04 bits per heavy atom. The first-order valence-electron chi connectivity index (χ1n) is 10.0. The van der Waals surface area contributed by atoms with Crippen molar-refractivity contribution in [2.24, 2.45) is 0 Å². The Bertz CT molecular complexity index is 954. The molecule has 1 unspecified atom stereocenters. The van der Waals surface area contributed by atoms with Crippen LogP contribution in [0.25, 0.3) is 11.3 Å². The molecule has 2 aromatic carbocycles. The predicted molar refractivity (Wildman–Crippen MR) is 112 cm³/mol. The van der Waals surface area contributed by atoms with E-state index in [0.29, 0.717) is 5.95 Å². The van der Waals surface area contributed by atoms with E-state index in [1.54, 1.807) is 0 Å². The number of hydrogen-bond acceptors (Lipinski definition) is 5. The van der Waals surface area contributed by atoms with Gasteiger partial charge in [0.05, 0.1) is 11.8 Å². The maximum atomic E-state index is 5.74. The van der Waals surface area contributed by atoms with E-state index in [1.807, 2.05) is 18.2 Å². The predicted octanol–water partition coefficient (Wildman–Crippen LogP) is 4.43. The molecule has 5 rings (SSSR count). The van der Waals surface area contributed by atoms with Crippen LogP contribution in [-0.2, 0) is 11.2 Å². The van der Waals surface area contributed by atoms with Gasteiger partial charge in [0.2, 0.25) is 5.95 Å². The van der Waals surface area contributed by atoms with Crippen molar-refractivity contribution >= 4 is 17.5 Å². The summed E-state index contributed by atoms with van der Waals surface area (Å²) in [5, 5.41) is 3.41. The fourth-order valence-corrected chi connectivity index (χ4v) is 4.00. The molecule has 0 aliphatic carbocycles. The number of rotatable bonds is 5. The summed E-state index contributed by atoms with van der Waals surface area (Å²) >= 11 is 0. The molecular formula is C23H24N4O. The highest BCUT2D eigenvalue weighted by Gasteiger charge is 2.23. The zero-order valence-corrected chi connectivity index (χ0v) is 15.8. The Morgan fingerprint density at radius 2 is 1.89 bits per heavy atom. The van der Waals surface area contributed by atoms with Gasteiger partial charge in [-0.3, -0.25) is 0 Å². The van der Waals surface area contributed by atoms with E-state index in [1.165, 1.54) is 11.3 Å². The van der Waals surface area contributed by atoms with Crippen molar-refractivity contribution < 1.29 is 4.74 Å². The van der Waals surface area contributed by atoms with Gasteiger partial charge in [0.1, 0.15) is 5.82 Å². The molecule has 1 fully saturated rings. The van der Waals surface area contributed by atoms with Crippen molar-refractivity contribution in [3.63, 3.8) is 0 Å². The topological polar surface area (TPSA) is 50.3 Å². The second-order valence-corrected chi connectivity index (χ2v) is 7.35. The summed E-state index contributed by atoms with van der Waals surface area (Å²) in [6, 6.07) is 21.0. The number of nitrogens with one attached hydrogen (secondary N) is 1. The second-order valence-electron chi connectivity index (χ2n) is 7.35. The highest BCUT2D eigenvalue weighted by Crippen LogP contribution is 2.35. The quantitative estimate of drug-likeness (QED) is 0.718. The Hall–Kier alpha value is -2.92. The molecule has 2 aliphatic heterocycles. The van der Waals surface area contributed by atoms with Crippen LogP contribution in [0.2, 0.25) is 0 Å². The smallest absolute Gasteiger partial charge is 0.225 e. The summed E-state index contributed by atoms with van der Waals surface area (Å²) < 4.78 is 5.74. The molecule has 1 atom stereocenters. The lowest BCUT2D eigenvalue weighted by Gasteiger charge is -2.20. The lowest BCUT2D eigenvalue weighted by molar-refractivity contribution is 0.120. The monoisotopic (exact) mass is 372 g/mol. The van der Waals surface area contributed by atoms with Crippen LogP contribution in [0.15, 0.2) is 60.7 Å². The lowest BCUT2D eigenvalue weighted by Crippen LogP contribution is -2.21. The van der Waals surface area contributed by atoms with Crippen molar-refractivity contribution in [1.29, 1.82) is 0 Å². The molecule has 142 valence electrons. The molecule has 0 radical (unpaired) electrons. The summed E-state index contributed by atoms with van der Waals surface area (Å²) in [4.78, 5) is 11.9. The van der Waals surface area contributed by atoms with E-state index < -0.39 is 0 Å². The minimum Gasteiger partial charge on any atom is -0.376 e. The molecule has 3 aromatic rings. The van der Waals surface area contributed by atoms with Gasteiger partial charge in [0.25, 0.3) is 0 Å². The van der Waals surface area contributed by atoms with E-state index >= 15 is 0 Å². The average molecular weight is 372 g/mol. The van der Waals surface area contributed by atoms with E-state index in [2.05, 4.69) is 52.7 Å². The molecule has 0 amide bonds. The molecule has 0 saturated carbocycles. The van der Waals surface area contributed by atoms with Gasteiger partial charge in [-0.2, -0.15) is 4.98 Å². The van der Waals surface area contributed by atoms with Gasteiger partial charge >= 0.3 is 0 Å². The van der Waals surface area contributed by atoms with Crippen molar-refractivity contribution in [2.75, 3.05) is 29.9 Å². The molecule has 1 N–H and O–H groups in total. The number of benzene rings is 2. The van der Waals surface area contributed by atoms with Gasteiger partial charge in [-0.05, 0) is 30.9 Å². The Labute approximate surface area is 165 Å². The largest absolute Gasteiger partial charge is 0.376 e. The van der Waals surface area contributed by atoms with Gasteiger partial charge in [-0.25, -0.2) is 4.98 Å². The van der Waals surface area contributed by atoms with Gasteiger partial charge in [0.15, 0.2) is 0 Å². The van der Waals surface area contributed by atoms with Crippen LogP contribution in [0.5, 0.6) is 0 Å². The van der Waals surface area contributed by atoms with E-state index in [-0.39, 0.29) is 6.10 Å². The van der Waals surface area contributed by atoms with Gasteiger partial charge in [0, 0.05) is 37.0 Å². The first-order valence-corrected chi connectivity index (χ1v) is 10.0. The zero-order chi connectivity index (χ0) is 18.8. The minimum atomic E-state index is 0.250. The molecule has 0 bridgehead atoms. The molecule has 3 heterocycles. The maximum Gasteiger partial charge on any atom is 0.225 e. The Balaban J connectivity index is 1.50. The molecule has 2 aliphatic rings. The highest BCUT2D eigenvalue weighted by atomic mass is 16.5. The number of para-hydroxylation sites is 1. The maximum absolute atomic E-state index is 5.74. The molecule has 5 nitrogen and oxygen atoms in total. The summed E-state index contributed by atoms with van der Waals surface area (Å²) in [5.41, 5.74) is 4.64. The van der Waals surface area contributed by atoms with Crippen molar-refractivity contribution in [3.8, 4) is 11.3 Å². The normalized spacial score (nSPS) is 18.3. The third-order valence-electron chi connectivity index (χ3n) is 5.46. The Kier molecular flexibility index (Phi) is 4.67. The van der Waals surface area contributed by atoms with Gasteiger partial charge in [-0.15, -0.1) is 0 Å². The summed E-state index contributed by atoms with van der Waals surface area (Å²) in [7, 11) is 0. The van der Waals surface area contributed by atoms with Crippen LogP contribution >= 0.6 is 0 Å². The van der Waals surface area contributed by atoms with Crippen molar-refractivity contribution in [1.82, 2.24) is 9.97 Å². The zero-order valence-electron chi connectivity index (χ0n) is 15.8. The third-order valence-corrected chi connectivity index (χ3v) is 5.46. The van der Waals surface area contributed by atoms with Gasteiger partial charge in [-0.1, -0.05) is 48.5 Å². The van der Waals surface area contributed by atoms with Crippen LogP contribution in [0.4, 0.5) is 17.5 Å². The summed E-state index contributed by atoms with van der Waals surface area (Å²) in [6.07, 6.45) is 3.52. The number of nitrogens with zero attached hydrogens (tertiary/aromatic N) is 3. The van der Waals surface area contributed by atoms with E-state index in [9.17, 15) is 0 Å². The van der Waals surface area contributed by atoms with Crippen molar-refractivity contribution in [3.05, 3.63) is 66.2 Å².